The van der Waals surface area contributed by atoms with Crippen LogP contribution in [-0.2, 0) is 4.79 Å². The van der Waals surface area contributed by atoms with E-state index in [0.29, 0.717) is 35.0 Å². The second kappa shape index (κ2) is 8.95. The van der Waals surface area contributed by atoms with Crippen LogP contribution in [0, 0.1) is 46.3 Å². The number of hydrogen-bond acceptors (Lipinski definition) is 4. The first-order valence-corrected chi connectivity index (χ1v) is 13.0. The molecule has 4 fully saturated rings. The fourth-order valence-corrected chi connectivity index (χ4v) is 9.11. The number of carboxylic acid groups (broad SMARTS) is 1. The molecule has 4 aliphatic rings. The lowest BCUT2D eigenvalue weighted by molar-refractivity contribution is -0.174. The topological polar surface area (TPSA) is 89.8 Å². The van der Waals surface area contributed by atoms with Crippen LogP contribution in [-0.4, -0.2) is 46.6 Å². The summed E-state index contributed by atoms with van der Waals surface area (Å²) in [7, 11) is 0. The van der Waals surface area contributed by atoms with Gasteiger partial charge in [0.1, 0.15) is 0 Å². The lowest BCUT2D eigenvalue weighted by Gasteiger charge is -2.62. The maximum atomic E-state index is 11.6. The van der Waals surface area contributed by atoms with Gasteiger partial charge in [-0.3, -0.25) is 4.79 Å². The summed E-state index contributed by atoms with van der Waals surface area (Å²) in [6, 6.07) is 0. The van der Waals surface area contributed by atoms with E-state index in [1.54, 1.807) is 0 Å². The van der Waals surface area contributed by atoms with Crippen LogP contribution < -0.4 is 5.32 Å². The second-order valence-electron chi connectivity index (χ2n) is 12.1. The summed E-state index contributed by atoms with van der Waals surface area (Å²) in [4.78, 5) is 10.7. The summed E-state index contributed by atoms with van der Waals surface area (Å²) < 4.78 is 0. The third kappa shape index (κ3) is 4.08. The van der Waals surface area contributed by atoms with Gasteiger partial charge in [-0.15, -0.1) is 0 Å². The molecule has 4 aliphatic carbocycles. The van der Waals surface area contributed by atoms with Crippen molar-refractivity contribution in [2.45, 2.75) is 97.2 Å². The van der Waals surface area contributed by atoms with Crippen LogP contribution in [0.3, 0.4) is 0 Å². The van der Waals surface area contributed by atoms with Crippen LogP contribution in [0.1, 0.15) is 85.0 Å². The van der Waals surface area contributed by atoms with E-state index < -0.39 is 5.97 Å². The summed E-state index contributed by atoms with van der Waals surface area (Å²) in [5, 5.41) is 33.6. The highest BCUT2D eigenvalue weighted by atomic mass is 16.4. The lowest BCUT2D eigenvalue weighted by atomic mass is 9.43. The number of aliphatic carboxylic acids is 1. The van der Waals surface area contributed by atoms with E-state index in [4.69, 9.17) is 5.11 Å². The monoisotopic (exact) mass is 435 g/mol. The third-order valence-electron chi connectivity index (χ3n) is 10.8. The number of carbonyl (C=O) groups is 1. The Labute approximate surface area is 188 Å². The molecule has 0 saturated heterocycles. The van der Waals surface area contributed by atoms with Crippen molar-refractivity contribution in [3.63, 3.8) is 0 Å². The van der Waals surface area contributed by atoms with E-state index in [-0.39, 0.29) is 24.2 Å². The molecule has 0 aromatic rings. The molecular formula is C26H45NO4. The Bertz CT molecular complexity index is 655. The van der Waals surface area contributed by atoms with Crippen molar-refractivity contribution in [2.24, 2.45) is 46.3 Å². The van der Waals surface area contributed by atoms with Crippen LogP contribution in [0.15, 0.2) is 0 Å². The van der Waals surface area contributed by atoms with Gasteiger partial charge in [-0.2, -0.15) is 0 Å². The standard InChI is InChI=1S/C26H45NO4/c1-16(5-4-12-27-15-24(30)31)20-8-9-21-19-7-6-17-13-18(28)10-11-25(17,2)22(19)14-23(29)26(20,21)3/h16-23,27-29H,4-15H2,1-3H3,(H,30,31)/t16?,17-,18-,19?,20?,21?,22?,23+,25-,26-/m1/s1. The van der Waals surface area contributed by atoms with E-state index in [1.165, 1.54) is 25.7 Å². The molecular weight excluding hydrogens is 390 g/mol. The molecule has 0 aromatic heterocycles. The molecule has 4 rings (SSSR count). The number of rotatable bonds is 7. The summed E-state index contributed by atoms with van der Waals surface area (Å²) in [6.45, 7) is 8.02. The van der Waals surface area contributed by atoms with Crippen LogP contribution >= 0.6 is 0 Å². The fraction of sp³-hybridized carbons (Fsp3) is 0.962. The van der Waals surface area contributed by atoms with Gasteiger partial charge < -0.3 is 20.6 Å². The Hall–Kier alpha value is -0.650. The van der Waals surface area contributed by atoms with Gasteiger partial charge >= 0.3 is 5.97 Å². The highest BCUT2D eigenvalue weighted by Gasteiger charge is 2.63. The number of fused-ring (bicyclic) bond motifs is 5. The van der Waals surface area contributed by atoms with Crippen LogP contribution in [0.2, 0.25) is 0 Å². The van der Waals surface area contributed by atoms with E-state index >= 15 is 0 Å². The smallest absolute Gasteiger partial charge is 0.317 e. The maximum absolute atomic E-state index is 11.6. The Morgan fingerprint density at radius 2 is 1.84 bits per heavy atom. The molecule has 0 spiro atoms. The number of carboxylic acids is 1. The van der Waals surface area contributed by atoms with E-state index in [0.717, 1.165) is 51.0 Å². The van der Waals surface area contributed by atoms with Gasteiger partial charge in [0.25, 0.3) is 0 Å². The summed E-state index contributed by atoms with van der Waals surface area (Å²) in [6.07, 6.45) is 10.7. The van der Waals surface area contributed by atoms with Gasteiger partial charge in [0, 0.05) is 0 Å². The normalized spacial score (nSPS) is 47.8. The van der Waals surface area contributed by atoms with Crippen LogP contribution in [0.4, 0.5) is 0 Å². The third-order valence-corrected chi connectivity index (χ3v) is 10.8. The number of nitrogens with one attached hydrogen (secondary N) is 1. The molecule has 5 nitrogen and oxygen atoms in total. The molecule has 0 aromatic carbocycles. The van der Waals surface area contributed by atoms with Crippen molar-refractivity contribution >= 4 is 5.97 Å². The lowest BCUT2D eigenvalue weighted by Crippen LogP contribution is -2.58. The van der Waals surface area contributed by atoms with Crippen molar-refractivity contribution in [1.29, 1.82) is 0 Å². The SMILES string of the molecule is CC(CCCNCC(=O)O)C1CCC2C3CC[C@@H]4C[C@H](O)CC[C@@]4(C)C3C[C@H](O)[C@]12C. The van der Waals surface area contributed by atoms with Gasteiger partial charge in [-0.05, 0) is 117 Å². The number of hydrogen-bond donors (Lipinski definition) is 4. The van der Waals surface area contributed by atoms with Crippen LogP contribution in [0.5, 0.6) is 0 Å². The minimum atomic E-state index is -0.796. The number of aliphatic hydroxyl groups is 2. The molecule has 0 amide bonds. The largest absolute Gasteiger partial charge is 0.480 e. The first-order valence-electron chi connectivity index (χ1n) is 13.0. The molecule has 4 N–H and O–H groups in total. The molecule has 0 bridgehead atoms. The van der Waals surface area contributed by atoms with E-state index in [1.807, 2.05) is 0 Å². The fourth-order valence-electron chi connectivity index (χ4n) is 9.11. The zero-order chi connectivity index (χ0) is 22.4. The van der Waals surface area contributed by atoms with Gasteiger partial charge in [-0.1, -0.05) is 20.8 Å². The predicted octanol–water partition coefficient (Wildman–Crippen LogP) is 4.07. The minimum Gasteiger partial charge on any atom is -0.480 e. The highest BCUT2D eigenvalue weighted by molar-refractivity contribution is 5.68. The van der Waals surface area contributed by atoms with Gasteiger partial charge in [-0.25, -0.2) is 0 Å². The quantitative estimate of drug-likeness (QED) is 0.453. The summed E-state index contributed by atoms with van der Waals surface area (Å²) in [5.41, 5.74) is 0.316. The van der Waals surface area contributed by atoms with Crippen LogP contribution in [0.25, 0.3) is 0 Å². The zero-order valence-electron chi connectivity index (χ0n) is 19.9. The van der Waals surface area contributed by atoms with Crippen molar-refractivity contribution < 1.29 is 20.1 Å². The minimum absolute atomic E-state index is 0.0203. The van der Waals surface area contributed by atoms with Gasteiger partial charge in [0.15, 0.2) is 0 Å². The first-order chi connectivity index (χ1) is 14.7. The Kier molecular flexibility index (Phi) is 6.78. The summed E-state index contributed by atoms with van der Waals surface area (Å²) in [5.74, 6) is 2.93. The summed E-state index contributed by atoms with van der Waals surface area (Å²) >= 11 is 0. The number of aliphatic hydroxyl groups excluding tert-OH is 2. The molecule has 0 aliphatic heterocycles. The van der Waals surface area contributed by atoms with Crippen molar-refractivity contribution in [3.05, 3.63) is 0 Å². The first kappa shape index (κ1) is 23.5. The van der Waals surface area contributed by atoms with E-state index in [2.05, 4.69) is 26.1 Å². The van der Waals surface area contributed by atoms with Crippen molar-refractivity contribution in [1.82, 2.24) is 5.32 Å². The Morgan fingerprint density at radius 1 is 1.06 bits per heavy atom. The Morgan fingerprint density at radius 3 is 2.58 bits per heavy atom. The molecule has 10 atom stereocenters. The zero-order valence-corrected chi connectivity index (χ0v) is 19.9. The molecule has 4 saturated carbocycles. The van der Waals surface area contributed by atoms with Crippen molar-refractivity contribution in [3.8, 4) is 0 Å². The second-order valence-corrected chi connectivity index (χ2v) is 12.1. The predicted molar refractivity (Wildman–Crippen MR) is 122 cm³/mol. The average molecular weight is 436 g/mol. The van der Waals surface area contributed by atoms with Gasteiger partial charge in [0.2, 0.25) is 0 Å². The van der Waals surface area contributed by atoms with E-state index in [9.17, 15) is 15.0 Å². The molecule has 0 radical (unpaired) electrons. The molecule has 31 heavy (non-hydrogen) atoms. The highest BCUT2D eigenvalue weighted by Crippen LogP contribution is 2.68. The molecule has 5 heteroatoms. The molecule has 5 unspecified atom stereocenters. The molecule has 0 heterocycles. The average Bonchev–Trinajstić information content (AvgIpc) is 3.07. The molecule has 178 valence electrons. The van der Waals surface area contributed by atoms with Crippen molar-refractivity contribution in [2.75, 3.05) is 13.1 Å². The Balaban J connectivity index is 1.43. The maximum Gasteiger partial charge on any atom is 0.317 e. The van der Waals surface area contributed by atoms with Gasteiger partial charge in [0.05, 0.1) is 18.8 Å².